The summed E-state index contributed by atoms with van der Waals surface area (Å²) in [6.07, 6.45) is 0.0373. The fourth-order valence-electron chi connectivity index (χ4n) is 1.94. The topological polar surface area (TPSA) is 68.0 Å². The summed E-state index contributed by atoms with van der Waals surface area (Å²) >= 11 is 1.67. The zero-order valence-electron chi connectivity index (χ0n) is 12.8. The summed E-state index contributed by atoms with van der Waals surface area (Å²) in [5.74, 6) is 0.0316. The molecule has 0 radical (unpaired) electrons. The largest absolute Gasteiger partial charge is 0.348 e. The maximum atomic E-state index is 12.4. The molecule has 0 aliphatic heterocycles. The van der Waals surface area contributed by atoms with E-state index < -0.39 is 12.3 Å². The molecular formula is C15H17F2N3O2S. The number of amides is 1. The van der Waals surface area contributed by atoms with E-state index in [1.54, 1.807) is 36.0 Å². The van der Waals surface area contributed by atoms with Crippen molar-refractivity contribution in [3.05, 3.63) is 35.7 Å². The Bertz CT molecular complexity index is 646. The molecule has 23 heavy (non-hydrogen) atoms. The highest BCUT2D eigenvalue weighted by atomic mass is 32.2. The Hall–Kier alpha value is -1.96. The molecule has 8 heteroatoms. The van der Waals surface area contributed by atoms with Gasteiger partial charge in [0.25, 0.3) is 11.8 Å². The molecule has 0 saturated heterocycles. The van der Waals surface area contributed by atoms with Crippen molar-refractivity contribution in [2.75, 3.05) is 12.0 Å². The summed E-state index contributed by atoms with van der Waals surface area (Å²) in [6.45, 7) is 2.01. The van der Waals surface area contributed by atoms with Crippen molar-refractivity contribution < 1.29 is 18.1 Å². The molecule has 1 amide bonds. The first-order valence-electron chi connectivity index (χ1n) is 7.07. The van der Waals surface area contributed by atoms with Crippen molar-refractivity contribution in [2.24, 2.45) is 0 Å². The Morgan fingerprint density at radius 2 is 2.04 bits per heavy atom. The van der Waals surface area contributed by atoms with Gasteiger partial charge in [-0.3, -0.25) is 4.79 Å². The first-order chi connectivity index (χ1) is 11.0. The van der Waals surface area contributed by atoms with Crippen molar-refractivity contribution in [1.82, 2.24) is 15.5 Å². The number of carbonyl (C=O) groups is 1. The van der Waals surface area contributed by atoms with Crippen LogP contribution in [0.25, 0.3) is 11.4 Å². The van der Waals surface area contributed by atoms with E-state index in [1.165, 1.54) is 0 Å². The SMILES string of the molecule is CCC(CSC)NC(=O)c1ccc(-c2noc(C(F)F)n2)cc1. The standard InChI is InChI=1S/C15H17F2N3O2S/c1-3-11(8-23-2)18-14(21)10-6-4-9(5-7-10)13-19-15(12(16)17)22-20-13/h4-7,11-12H,3,8H2,1-2H3,(H,18,21). The summed E-state index contributed by atoms with van der Waals surface area (Å²) in [5.41, 5.74) is 0.999. The summed E-state index contributed by atoms with van der Waals surface area (Å²) in [4.78, 5) is 15.8. The first-order valence-corrected chi connectivity index (χ1v) is 8.46. The van der Waals surface area contributed by atoms with Gasteiger partial charge in [-0.15, -0.1) is 0 Å². The molecule has 0 saturated carbocycles. The molecule has 124 valence electrons. The maximum absolute atomic E-state index is 12.4. The van der Waals surface area contributed by atoms with Crippen molar-refractivity contribution >= 4 is 17.7 Å². The van der Waals surface area contributed by atoms with Crippen LogP contribution in [0.5, 0.6) is 0 Å². The summed E-state index contributed by atoms with van der Waals surface area (Å²) in [7, 11) is 0. The van der Waals surface area contributed by atoms with E-state index in [4.69, 9.17) is 0 Å². The van der Waals surface area contributed by atoms with Gasteiger partial charge in [0.2, 0.25) is 5.82 Å². The average molecular weight is 341 g/mol. The average Bonchev–Trinajstić information content (AvgIpc) is 3.04. The van der Waals surface area contributed by atoms with E-state index in [9.17, 15) is 13.6 Å². The van der Waals surface area contributed by atoms with Crippen LogP contribution in [0.4, 0.5) is 8.78 Å². The zero-order valence-corrected chi connectivity index (χ0v) is 13.6. The van der Waals surface area contributed by atoms with Gasteiger partial charge in [0.1, 0.15) is 0 Å². The number of nitrogens with zero attached hydrogens (tertiary/aromatic N) is 2. The molecule has 5 nitrogen and oxygen atoms in total. The highest BCUT2D eigenvalue weighted by Crippen LogP contribution is 2.21. The Morgan fingerprint density at radius 3 is 2.57 bits per heavy atom. The molecule has 1 aromatic carbocycles. The number of thioether (sulfide) groups is 1. The number of hydrogen-bond donors (Lipinski definition) is 1. The normalized spacial score (nSPS) is 12.4. The van der Waals surface area contributed by atoms with Gasteiger partial charge < -0.3 is 9.84 Å². The Morgan fingerprint density at radius 1 is 1.35 bits per heavy atom. The number of rotatable bonds is 7. The summed E-state index contributed by atoms with van der Waals surface area (Å²) in [6, 6.07) is 6.53. The molecule has 1 atom stereocenters. The van der Waals surface area contributed by atoms with Crippen LogP contribution >= 0.6 is 11.8 Å². The van der Waals surface area contributed by atoms with E-state index in [0.717, 1.165) is 12.2 Å². The third-order valence-electron chi connectivity index (χ3n) is 3.23. The monoisotopic (exact) mass is 341 g/mol. The van der Waals surface area contributed by atoms with Crippen molar-refractivity contribution in [3.8, 4) is 11.4 Å². The molecule has 1 aromatic heterocycles. The third kappa shape index (κ3) is 4.51. The fourth-order valence-corrected chi connectivity index (χ4v) is 2.66. The lowest BCUT2D eigenvalue weighted by Gasteiger charge is -2.15. The molecule has 0 aliphatic carbocycles. The molecule has 2 aromatic rings. The number of aromatic nitrogens is 2. The quantitative estimate of drug-likeness (QED) is 0.834. The number of hydrogen-bond acceptors (Lipinski definition) is 5. The van der Waals surface area contributed by atoms with Gasteiger partial charge in [-0.2, -0.15) is 25.5 Å². The molecule has 2 rings (SSSR count). The Balaban J connectivity index is 2.07. The van der Waals surface area contributed by atoms with Crippen LogP contribution in [-0.4, -0.2) is 34.1 Å². The molecule has 1 heterocycles. The molecule has 1 unspecified atom stereocenters. The first kappa shape index (κ1) is 17.4. The number of carbonyl (C=O) groups excluding carboxylic acids is 1. The smallest absolute Gasteiger partial charge is 0.315 e. The third-order valence-corrected chi connectivity index (χ3v) is 3.97. The number of benzene rings is 1. The minimum Gasteiger partial charge on any atom is -0.348 e. The van der Waals surface area contributed by atoms with Gasteiger partial charge in [-0.1, -0.05) is 24.2 Å². The van der Waals surface area contributed by atoms with Crippen LogP contribution in [-0.2, 0) is 0 Å². The van der Waals surface area contributed by atoms with E-state index >= 15 is 0 Å². The lowest BCUT2D eigenvalue weighted by Crippen LogP contribution is -2.36. The minimum absolute atomic E-state index is 0.0704. The minimum atomic E-state index is -2.80. The Kier molecular flexibility index (Phi) is 6.09. The van der Waals surface area contributed by atoms with Crippen molar-refractivity contribution in [2.45, 2.75) is 25.8 Å². The van der Waals surface area contributed by atoms with Gasteiger partial charge in [-0.05, 0) is 24.8 Å². The van der Waals surface area contributed by atoms with Crippen molar-refractivity contribution in [3.63, 3.8) is 0 Å². The van der Waals surface area contributed by atoms with Gasteiger partial charge in [0.05, 0.1) is 0 Å². The van der Waals surface area contributed by atoms with Crippen LogP contribution < -0.4 is 5.32 Å². The van der Waals surface area contributed by atoms with Crippen LogP contribution in [0.15, 0.2) is 28.8 Å². The molecular weight excluding hydrogens is 324 g/mol. The number of nitrogens with one attached hydrogen (secondary N) is 1. The zero-order chi connectivity index (χ0) is 16.8. The summed E-state index contributed by atoms with van der Waals surface area (Å²) < 4.78 is 29.3. The van der Waals surface area contributed by atoms with Gasteiger partial charge >= 0.3 is 6.43 Å². The second-order valence-electron chi connectivity index (χ2n) is 4.87. The highest BCUT2D eigenvalue weighted by Gasteiger charge is 2.17. The van der Waals surface area contributed by atoms with Gasteiger partial charge in [0.15, 0.2) is 0 Å². The molecule has 0 spiro atoms. The molecule has 0 bridgehead atoms. The van der Waals surface area contributed by atoms with Crippen LogP contribution in [0.3, 0.4) is 0 Å². The predicted molar refractivity (Wildman–Crippen MR) is 84.6 cm³/mol. The second-order valence-corrected chi connectivity index (χ2v) is 5.78. The van der Waals surface area contributed by atoms with Crippen LogP contribution in [0.2, 0.25) is 0 Å². The lowest BCUT2D eigenvalue weighted by molar-refractivity contribution is 0.0940. The van der Waals surface area contributed by atoms with E-state index in [2.05, 4.69) is 20.0 Å². The summed E-state index contributed by atoms with van der Waals surface area (Å²) in [5, 5.41) is 6.45. The van der Waals surface area contributed by atoms with Crippen LogP contribution in [0.1, 0.15) is 36.0 Å². The predicted octanol–water partition coefficient (Wildman–Crippen LogP) is 3.55. The van der Waals surface area contributed by atoms with E-state index in [-0.39, 0.29) is 17.8 Å². The Labute approximate surface area is 136 Å². The molecule has 0 fully saturated rings. The van der Waals surface area contributed by atoms with Crippen LogP contribution in [0, 0.1) is 0 Å². The molecule has 0 aliphatic rings. The second kappa shape index (κ2) is 8.05. The number of alkyl halides is 2. The highest BCUT2D eigenvalue weighted by molar-refractivity contribution is 7.98. The van der Waals surface area contributed by atoms with Crippen molar-refractivity contribution in [1.29, 1.82) is 0 Å². The molecule has 1 N–H and O–H groups in total. The maximum Gasteiger partial charge on any atom is 0.315 e. The fraction of sp³-hybridized carbons (Fsp3) is 0.400. The number of halogens is 2. The van der Waals surface area contributed by atoms with Gasteiger partial charge in [0, 0.05) is 22.9 Å². The van der Waals surface area contributed by atoms with E-state index in [0.29, 0.717) is 11.1 Å². The lowest BCUT2D eigenvalue weighted by atomic mass is 10.1. The van der Waals surface area contributed by atoms with E-state index in [1.807, 2.05) is 13.2 Å². The van der Waals surface area contributed by atoms with Gasteiger partial charge in [-0.25, -0.2) is 0 Å².